The van der Waals surface area contributed by atoms with Crippen molar-refractivity contribution in [3.05, 3.63) is 36.4 Å². The summed E-state index contributed by atoms with van der Waals surface area (Å²) in [6, 6.07) is 13.2. The molecule has 2 saturated heterocycles. The highest BCUT2D eigenvalue weighted by atomic mass is 32.2. The molecule has 0 aromatic heterocycles. The number of fused-ring (bicyclic) bond motifs is 2. The second-order valence-electron chi connectivity index (χ2n) is 11.9. The Morgan fingerprint density at radius 3 is 1.37 bits per heavy atom. The Hall–Kier alpha value is -1.44. The highest BCUT2D eigenvalue weighted by Crippen LogP contribution is 2.48. The molecule has 0 bridgehead atoms. The molecular formula is C27H37B2NO4S. The van der Waals surface area contributed by atoms with Crippen molar-refractivity contribution in [2.24, 2.45) is 0 Å². The van der Waals surface area contributed by atoms with Crippen LogP contribution in [0, 0.1) is 0 Å². The molecule has 2 aromatic carbocycles. The van der Waals surface area contributed by atoms with E-state index in [9.17, 15) is 0 Å². The fraction of sp³-hybridized carbons (Fsp3) is 0.556. The first kappa shape index (κ1) is 25.2. The third kappa shape index (κ3) is 4.15. The lowest BCUT2D eigenvalue weighted by atomic mass is 9.78. The van der Waals surface area contributed by atoms with E-state index in [1.807, 2.05) is 0 Å². The molecule has 0 N–H and O–H groups in total. The molecule has 3 aliphatic rings. The fourth-order valence-corrected chi connectivity index (χ4v) is 5.83. The topological polar surface area (TPSA) is 40.2 Å². The van der Waals surface area contributed by atoms with Crippen molar-refractivity contribution in [3.63, 3.8) is 0 Å². The zero-order valence-electron chi connectivity index (χ0n) is 22.5. The largest absolute Gasteiger partial charge is 0.494 e. The van der Waals surface area contributed by atoms with Gasteiger partial charge in [0.2, 0.25) is 0 Å². The third-order valence-corrected chi connectivity index (χ3v) is 9.36. The molecule has 35 heavy (non-hydrogen) atoms. The minimum atomic E-state index is -0.372. The molecule has 8 heteroatoms. The molecule has 0 radical (unpaired) electrons. The standard InChI is InChI=1S/C27H37B2NO4S/c1-10-15-30-20-13-11-18(28-31-24(2,3)25(4,5)32-28)16-22(20)35-23-17-19(12-14-21(23)30)29-33-26(6,7)27(8,9)34-29/h11-14,16-17H,10,15H2,1-9H3. The van der Waals surface area contributed by atoms with Gasteiger partial charge in [-0.3, -0.25) is 0 Å². The van der Waals surface area contributed by atoms with Crippen molar-refractivity contribution in [1.29, 1.82) is 0 Å². The first-order chi connectivity index (χ1) is 16.2. The van der Waals surface area contributed by atoms with Gasteiger partial charge in [0, 0.05) is 16.3 Å². The van der Waals surface area contributed by atoms with E-state index in [1.54, 1.807) is 11.8 Å². The number of anilines is 2. The van der Waals surface area contributed by atoms with Crippen LogP contribution in [0.4, 0.5) is 11.4 Å². The van der Waals surface area contributed by atoms with Gasteiger partial charge in [0.1, 0.15) is 0 Å². The summed E-state index contributed by atoms with van der Waals surface area (Å²) in [7, 11) is -0.744. The van der Waals surface area contributed by atoms with Crippen LogP contribution in [0.3, 0.4) is 0 Å². The lowest BCUT2D eigenvalue weighted by Crippen LogP contribution is -2.41. The summed E-state index contributed by atoms with van der Waals surface area (Å²) in [5.41, 5.74) is 3.12. The van der Waals surface area contributed by atoms with Gasteiger partial charge in [-0.25, -0.2) is 0 Å². The van der Waals surface area contributed by atoms with Crippen molar-refractivity contribution >= 4 is 48.3 Å². The Morgan fingerprint density at radius 1 is 0.657 bits per heavy atom. The number of nitrogens with zero attached hydrogens (tertiary/aromatic N) is 1. The van der Waals surface area contributed by atoms with E-state index >= 15 is 0 Å². The summed E-state index contributed by atoms with van der Waals surface area (Å²) in [4.78, 5) is 4.84. The molecule has 3 heterocycles. The Kier molecular flexibility index (Phi) is 5.97. The smallest absolute Gasteiger partial charge is 0.399 e. The summed E-state index contributed by atoms with van der Waals surface area (Å²) in [6.45, 7) is 19.9. The highest BCUT2D eigenvalue weighted by molar-refractivity contribution is 7.99. The molecule has 0 spiro atoms. The van der Waals surface area contributed by atoms with Crippen molar-refractivity contribution in [2.45, 2.75) is 101 Å². The average Bonchev–Trinajstić information content (AvgIpc) is 3.12. The predicted octanol–water partition coefficient (Wildman–Crippen LogP) is 5.30. The Morgan fingerprint density at radius 2 is 1.03 bits per heavy atom. The van der Waals surface area contributed by atoms with Gasteiger partial charge >= 0.3 is 14.2 Å². The zero-order chi connectivity index (χ0) is 25.4. The second kappa shape index (κ2) is 8.29. The molecule has 5 nitrogen and oxygen atoms in total. The van der Waals surface area contributed by atoms with E-state index in [0.717, 1.165) is 23.9 Å². The first-order valence-corrected chi connectivity index (χ1v) is 13.5. The first-order valence-electron chi connectivity index (χ1n) is 12.7. The molecule has 0 amide bonds. The molecular weight excluding hydrogens is 456 g/mol. The predicted molar refractivity (Wildman–Crippen MR) is 146 cm³/mol. The van der Waals surface area contributed by atoms with Crippen molar-refractivity contribution < 1.29 is 18.6 Å². The van der Waals surface area contributed by atoms with E-state index in [2.05, 4.69) is 104 Å². The minimum Gasteiger partial charge on any atom is -0.399 e. The number of hydrogen-bond donors (Lipinski definition) is 0. The van der Waals surface area contributed by atoms with Crippen molar-refractivity contribution in [3.8, 4) is 0 Å². The van der Waals surface area contributed by atoms with E-state index in [-0.39, 0.29) is 36.6 Å². The van der Waals surface area contributed by atoms with Gasteiger partial charge < -0.3 is 23.5 Å². The summed E-state index contributed by atoms with van der Waals surface area (Å²) >= 11 is 1.79. The van der Waals surface area contributed by atoms with Crippen LogP contribution < -0.4 is 15.8 Å². The molecule has 0 atom stereocenters. The third-order valence-electron chi connectivity index (χ3n) is 8.27. The maximum absolute atomic E-state index is 6.33. The van der Waals surface area contributed by atoms with Crippen molar-refractivity contribution in [2.75, 3.05) is 11.4 Å². The molecule has 0 aliphatic carbocycles. The van der Waals surface area contributed by atoms with Gasteiger partial charge in [0.15, 0.2) is 0 Å². The van der Waals surface area contributed by atoms with Crippen LogP contribution in [0.15, 0.2) is 46.2 Å². The van der Waals surface area contributed by atoms with Crippen LogP contribution in [0.5, 0.6) is 0 Å². The summed E-state index contributed by atoms with van der Waals surface area (Å²) in [6.07, 6.45) is 1.06. The lowest BCUT2D eigenvalue weighted by Gasteiger charge is -2.33. The molecule has 2 aromatic rings. The van der Waals surface area contributed by atoms with Gasteiger partial charge in [-0.2, -0.15) is 0 Å². The quantitative estimate of drug-likeness (QED) is 0.539. The summed E-state index contributed by atoms with van der Waals surface area (Å²) in [5.74, 6) is 0. The van der Waals surface area contributed by atoms with E-state index in [1.165, 1.54) is 21.2 Å². The van der Waals surface area contributed by atoms with Gasteiger partial charge in [0.25, 0.3) is 0 Å². The zero-order valence-corrected chi connectivity index (χ0v) is 23.3. The second-order valence-corrected chi connectivity index (χ2v) is 13.0. The number of benzene rings is 2. The van der Waals surface area contributed by atoms with E-state index in [0.29, 0.717) is 0 Å². The monoisotopic (exact) mass is 493 g/mol. The van der Waals surface area contributed by atoms with Crippen LogP contribution in [0.25, 0.3) is 0 Å². The number of rotatable bonds is 4. The Bertz CT molecular complexity index is 1030. The molecule has 0 unspecified atom stereocenters. The Labute approximate surface area is 215 Å². The van der Waals surface area contributed by atoms with E-state index < -0.39 is 0 Å². The maximum atomic E-state index is 6.33. The molecule has 5 rings (SSSR count). The van der Waals surface area contributed by atoms with Crippen LogP contribution in [-0.4, -0.2) is 43.2 Å². The SMILES string of the molecule is CCCN1c2ccc(B3OC(C)(C)C(C)(C)O3)cc2Sc2cc(B3OC(C)(C)C(C)(C)O3)ccc21. The van der Waals surface area contributed by atoms with Gasteiger partial charge in [-0.1, -0.05) is 30.8 Å². The van der Waals surface area contributed by atoms with Gasteiger partial charge in [0.05, 0.1) is 33.8 Å². The normalized spacial score (nSPS) is 23.4. The highest BCUT2D eigenvalue weighted by Gasteiger charge is 2.53. The van der Waals surface area contributed by atoms with Crippen LogP contribution in [0.2, 0.25) is 0 Å². The minimum absolute atomic E-state index is 0.362. The fourth-order valence-electron chi connectivity index (χ4n) is 4.64. The lowest BCUT2D eigenvalue weighted by molar-refractivity contribution is 0.00578. The van der Waals surface area contributed by atoms with Crippen LogP contribution in [-0.2, 0) is 18.6 Å². The average molecular weight is 493 g/mol. The van der Waals surface area contributed by atoms with Gasteiger partial charge in [-0.15, -0.1) is 0 Å². The molecule has 186 valence electrons. The van der Waals surface area contributed by atoms with Crippen molar-refractivity contribution in [1.82, 2.24) is 0 Å². The van der Waals surface area contributed by atoms with E-state index in [4.69, 9.17) is 18.6 Å². The maximum Gasteiger partial charge on any atom is 0.494 e. The molecule has 0 saturated carbocycles. The molecule has 2 fully saturated rings. The van der Waals surface area contributed by atoms with Crippen LogP contribution in [0.1, 0.15) is 68.7 Å². The summed E-state index contributed by atoms with van der Waals surface area (Å²) < 4.78 is 25.3. The molecule has 3 aliphatic heterocycles. The summed E-state index contributed by atoms with van der Waals surface area (Å²) in [5, 5.41) is 0. The van der Waals surface area contributed by atoms with Gasteiger partial charge in [-0.05, 0) is 97.0 Å². The Balaban J connectivity index is 1.48. The van der Waals surface area contributed by atoms with Crippen LogP contribution >= 0.6 is 11.8 Å². The number of hydrogen-bond acceptors (Lipinski definition) is 6.